The van der Waals surface area contributed by atoms with Crippen LogP contribution in [0.3, 0.4) is 0 Å². The minimum Gasteiger partial charge on any atom is -0.497 e. The van der Waals surface area contributed by atoms with Crippen molar-refractivity contribution in [3.8, 4) is 5.75 Å². The van der Waals surface area contributed by atoms with Crippen LogP contribution in [0.2, 0.25) is 0 Å². The predicted molar refractivity (Wildman–Crippen MR) is 91.9 cm³/mol. The molecular weight excluding hydrogens is 379 g/mol. The average molecular weight is 394 g/mol. The van der Waals surface area contributed by atoms with Crippen molar-refractivity contribution in [2.75, 3.05) is 19.5 Å². The molecule has 0 spiro atoms. The summed E-state index contributed by atoms with van der Waals surface area (Å²) in [4.78, 5) is 4.34. The summed E-state index contributed by atoms with van der Waals surface area (Å²) in [6.45, 7) is 0.719. The summed E-state index contributed by atoms with van der Waals surface area (Å²) >= 11 is 2.25. The van der Waals surface area contributed by atoms with Crippen LogP contribution in [0.5, 0.6) is 5.75 Å². The highest BCUT2D eigenvalue weighted by molar-refractivity contribution is 14.1. The maximum atomic E-state index is 5.18. The number of halogens is 1. The quantitative estimate of drug-likeness (QED) is 0.691. The summed E-state index contributed by atoms with van der Waals surface area (Å²) in [7, 11) is 3.54. The standard InChI is InChI=1S/C15H15IN4O/c1-17-15-13-12(7-8-18-15)20(19-14(13)16)9-10-3-5-11(21-2)6-4-10/h3-8H,9H2,1-2H3,(H,17,18). The summed E-state index contributed by atoms with van der Waals surface area (Å²) < 4.78 is 8.14. The number of aromatic nitrogens is 3. The number of methoxy groups -OCH3 is 1. The summed E-state index contributed by atoms with van der Waals surface area (Å²) in [6, 6.07) is 10.0. The fourth-order valence-electron chi connectivity index (χ4n) is 2.29. The molecule has 21 heavy (non-hydrogen) atoms. The average Bonchev–Trinajstić information content (AvgIpc) is 2.84. The van der Waals surface area contributed by atoms with Crippen LogP contribution in [0.25, 0.3) is 10.9 Å². The minimum absolute atomic E-state index is 0.719. The van der Waals surface area contributed by atoms with Crippen LogP contribution in [-0.2, 0) is 6.54 Å². The van der Waals surface area contributed by atoms with Crippen molar-refractivity contribution in [3.05, 3.63) is 45.8 Å². The lowest BCUT2D eigenvalue weighted by atomic mass is 10.2. The first kappa shape index (κ1) is 14.1. The number of pyridine rings is 1. The van der Waals surface area contributed by atoms with Gasteiger partial charge in [-0.1, -0.05) is 12.1 Å². The van der Waals surface area contributed by atoms with Gasteiger partial charge in [0, 0.05) is 13.2 Å². The van der Waals surface area contributed by atoms with Crippen molar-refractivity contribution in [2.24, 2.45) is 0 Å². The van der Waals surface area contributed by atoms with E-state index in [0.717, 1.165) is 32.7 Å². The molecule has 0 saturated heterocycles. The minimum atomic E-state index is 0.719. The van der Waals surface area contributed by atoms with Crippen molar-refractivity contribution >= 4 is 39.3 Å². The molecule has 1 aromatic carbocycles. The zero-order chi connectivity index (χ0) is 14.8. The lowest BCUT2D eigenvalue weighted by Crippen LogP contribution is -2.02. The number of nitrogens with zero attached hydrogens (tertiary/aromatic N) is 3. The van der Waals surface area contributed by atoms with Crippen LogP contribution in [0.15, 0.2) is 36.5 Å². The van der Waals surface area contributed by atoms with E-state index in [1.807, 2.05) is 29.9 Å². The van der Waals surface area contributed by atoms with E-state index in [2.05, 4.69) is 50.1 Å². The predicted octanol–water partition coefficient (Wildman–Crippen LogP) is 3.13. The fourth-order valence-corrected chi connectivity index (χ4v) is 3.09. The molecule has 0 unspecified atom stereocenters. The van der Waals surface area contributed by atoms with Crippen molar-refractivity contribution < 1.29 is 4.74 Å². The van der Waals surface area contributed by atoms with Crippen molar-refractivity contribution in [1.29, 1.82) is 0 Å². The van der Waals surface area contributed by atoms with E-state index in [0.29, 0.717) is 0 Å². The Morgan fingerprint density at radius 2 is 2.00 bits per heavy atom. The van der Waals surface area contributed by atoms with Crippen LogP contribution in [-0.4, -0.2) is 28.9 Å². The fraction of sp³-hybridized carbons (Fsp3) is 0.200. The van der Waals surface area contributed by atoms with Gasteiger partial charge >= 0.3 is 0 Å². The second-order valence-electron chi connectivity index (χ2n) is 4.60. The maximum absolute atomic E-state index is 5.18. The van der Waals surface area contributed by atoms with Gasteiger partial charge in [0.1, 0.15) is 15.3 Å². The number of nitrogens with one attached hydrogen (secondary N) is 1. The van der Waals surface area contributed by atoms with Crippen LogP contribution in [0.1, 0.15) is 5.56 Å². The van der Waals surface area contributed by atoms with Gasteiger partial charge in [0.15, 0.2) is 0 Å². The van der Waals surface area contributed by atoms with Gasteiger partial charge in [-0.3, -0.25) is 4.68 Å². The van der Waals surface area contributed by atoms with Gasteiger partial charge in [-0.25, -0.2) is 4.98 Å². The molecule has 0 bridgehead atoms. The first-order valence-corrected chi connectivity index (χ1v) is 7.62. The SMILES string of the molecule is CNc1nccc2c1c(I)nn2Cc1ccc(OC)cc1. The topological polar surface area (TPSA) is 52.0 Å². The molecule has 0 aliphatic carbocycles. The second-order valence-corrected chi connectivity index (χ2v) is 5.62. The number of rotatable bonds is 4. The van der Waals surface area contributed by atoms with E-state index in [4.69, 9.17) is 4.74 Å². The van der Waals surface area contributed by atoms with E-state index in [-0.39, 0.29) is 0 Å². The highest BCUT2D eigenvalue weighted by Gasteiger charge is 2.12. The summed E-state index contributed by atoms with van der Waals surface area (Å²) in [5.41, 5.74) is 2.26. The Hall–Kier alpha value is -1.83. The zero-order valence-electron chi connectivity index (χ0n) is 11.8. The van der Waals surface area contributed by atoms with Gasteiger partial charge in [-0.15, -0.1) is 0 Å². The van der Waals surface area contributed by atoms with E-state index < -0.39 is 0 Å². The molecule has 3 rings (SSSR count). The molecule has 1 N–H and O–H groups in total. The molecule has 0 aliphatic heterocycles. The third-order valence-electron chi connectivity index (χ3n) is 3.35. The van der Waals surface area contributed by atoms with Crippen LogP contribution < -0.4 is 10.1 Å². The third kappa shape index (κ3) is 2.67. The van der Waals surface area contributed by atoms with Crippen molar-refractivity contribution in [1.82, 2.24) is 14.8 Å². The molecule has 2 heterocycles. The Morgan fingerprint density at radius 3 is 2.67 bits per heavy atom. The Balaban J connectivity index is 2.00. The number of fused-ring (bicyclic) bond motifs is 1. The van der Waals surface area contributed by atoms with Crippen LogP contribution in [0.4, 0.5) is 5.82 Å². The van der Waals surface area contributed by atoms with Gasteiger partial charge in [-0.05, 0) is 46.4 Å². The van der Waals surface area contributed by atoms with Gasteiger partial charge in [0.2, 0.25) is 0 Å². The van der Waals surface area contributed by atoms with E-state index in [1.165, 1.54) is 5.56 Å². The number of hydrogen-bond acceptors (Lipinski definition) is 4. The molecule has 0 radical (unpaired) electrons. The Labute approximate surface area is 136 Å². The maximum Gasteiger partial charge on any atom is 0.137 e. The molecular formula is C15H15IN4O. The Bertz CT molecular complexity index is 767. The first-order valence-electron chi connectivity index (χ1n) is 6.54. The largest absolute Gasteiger partial charge is 0.497 e. The van der Waals surface area contributed by atoms with Crippen molar-refractivity contribution in [2.45, 2.75) is 6.54 Å². The highest BCUT2D eigenvalue weighted by atomic mass is 127. The second kappa shape index (κ2) is 5.88. The molecule has 2 aromatic heterocycles. The summed E-state index contributed by atoms with van der Waals surface area (Å²) in [5.74, 6) is 1.72. The van der Waals surface area contributed by atoms with Gasteiger partial charge in [-0.2, -0.15) is 5.10 Å². The normalized spacial score (nSPS) is 10.8. The third-order valence-corrected chi connectivity index (χ3v) is 4.11. The number of hydrogen-bond donors (Lipinski definition) is 1. The lowest BCUT2D eigenvalue weighted by molar-refractivity contribution is 0.414. The molecule has 108 valence electrons. The number of ether oxygens (including phenoxy) is 1. The molecule has 3 aromatic rings. The zero-order valence-corrected chi connectivity index (χ0v) is 14.0. The first-order chi connectivity index (χ1) is 10.2. The highest BCUT2D eigenvalue weighted by Crippen LogP contribution is 2.26. The monoisotopic (exact) mass is 394 g/mol. The van der Waals surface area contributed by atoms with Gasteiger partial charge < -0.3 is 10.1 Å². The lowest BCUT2D eigenvalue weighted by Gasteiger charge is -2.06. The molecule has 0 aliphatic rings. The molecule has 5 nitrogen and oxygen atoms in total. The van der Waals surface area contributed by atoms with E-state index in [9.17, 15) is 0 Å². The summed E-state index contributed by atoms with van der Waals surface area (Å²) in [5, 5.41) is 8.81. The van der Waals surface area contributed by atoms with Crippen LogP contribution in [0, 0.1) is 3.70 Å². The smallest absolute Gasteiger partial charge is 0.137 e. The van der Waals surface area contributed by atoms with E-state index >= 15 is 0 Å². The number of benzene rings is 1. The Morgan fingerprint density at radius 1 is 1.24 bits per heavy atom. The van der Waals surface area contributed by atoms with Gasteiger partial charge in [0.25, 0.3) is 0 Å². The molecule has 6 heteroatoms. The molecule has 0 atom stereocenters. The van der Waals surface area contributed by atoms with E-state index in [1.54, 1.807) is 13.3 Å². The van der Waals surface area contributed by atoms with Crippen LogP contribution >= 0.6 is 22.6 Å². The van der Waals surface area contributed by atoms with Crippen molar-refractivity contribution in [3.63, 3.8) is 0 Å². The van der Waals surface area contributed by atoms with Gasteiger partial charge in [0.05, 0.1) is 24.6 Å². The summed E-state index contributed by atoms with van der Waals surface area (Å²) in [6.07, 6.45) is 1.80. The Kier molecular flexibility index (Phi) is 3.96. The molecule has 0 saturated carbocycles. The molecule has 0 fully saturated rings. The molecule has 0 amide bonds. The number of anilines is 1.